The van der Waals surface area contributed by atoms with Crippen LogP contribution < -0.4 is 10.5 Å². The maximum atomic E-state index is 5.92. The van der Waals surface area contributed by atoms with E-state index >= 15 is 0 Å². The minimum absolute atomic E-state index is 0.436. The first-order chi connectivity index (χ1) is 9.33. The molecule has 3 heterocycles. The van der Waals surface area contributed by atoms with Gasteiger partial charge in [0.2, 0.25) is 0 Å². The van der Waals surface area contributed by atoms with Gasteiger partial charge in [0.1, 0.15) is 23.6 Å². The molecule has 0 amide bonds. The summed E-state index contributed by atoms with van der Waals surface area (Å²) in [6.45, 7) is 0.741. The minimum Gasteiger partial charge on any atom is -0.493 e. The largest absolute Gasteiger partial charge is 0.493 e. The zero-order chi connectivity index (χ0) is 12.8. The molecule has 3 aromatic rings. The molecule has 1 aliphatic heterocycles. The monoisotopic (exact) mass is 253 g/mol. The van der Waals surface area contributed by atoms with Crippen molar-refractivity contribution in [2.75, 3.05) is 12.3 Å². The van der Waals surface area contributed by atoms with Crippen LogP contribution >= 0.6 is 0 Å². The molecule has 0 saturated carbocycles. The minimum atomic E-state index is 0.436. The molecule has 0 aliphatic carbocycles. The third kappa shape index (κ3) is 1.46. The van der Waals surface area contributed by atoms with Crippen LogP contribution in [0.5, 0.6) is 5.75 Å². The second kappa shape index (κ2) is 3.68. The number of nitrogens with two attached hydrogens (primary N) is 1. The van der Waals surface area contributed by atoms with E-state index in [1.807, 2.05) is 12.1 Å². The highest BCUT2D eigenvalue weighted by molar-refractivity contribution is 5.97. The van der Waals surface area contributed by atoms with Crippen LogP contribution in [0.25, 0.3) is 22.3 Å². The smallest absolute Gasteiger partial charge is 0.161 e. The van der Waals surface area contributed by atoms with Crippen molar-refractivity contribution in [2.24, 2.45) is 0 Å². The summed E-state index contributed by atoms with van der Waals surface area (Å²) in [7, 11) is 0. The Bertz CT molecular complexity index is 780. The highest BCUT2D eigenvalue weighted by Crippen LogP contribution is 2.33. The molecule has 0 bridgehead atoms. The number of aromatic nitrogens is 4. The Kier molecular flexibility index (Phi) is 2.00. The molecule has 0 fully saturated rings. The number of H-pyrrole nitrogens is 1. The first kappa shape index (κ1) is 10.3. The summed E-state index contributed by atoms with van der Waals surface area (Å²) in [6, 6.07) is 6.04. The summed E-state index contributed by atoms with van der Waals surface area (Å²) in [6.07, 6.45) is 2.35. The van der Waals surface area contributed by atoms with Crippen LogP contribution in [0.2, 0.25) is 0 Å². The maximum absolute atomic E-state index is 5.92. The van der Waals surface area contributed by atoms with Crippen LogP contribution in [-0.2, 0) is 6.42 Å². The number of fused-ring (bicyclic) bond motifs is 2. The molecule has 94 valence electrons. The summed E-state index contributed by atoms with van der Waals surface area (Å²) in [4.78, 5) is 8.15. The highest BCUT2D eigenvalue weighted by Gasteiger charge is 2.17. The summed E-state index contributed by atoms with van der Waals surface area (Å²) in [5.74, 6) is 1.39. The van der Waals surface area contributed by atoms with Crippen molar-refractivity contribution in [1.29, 1.82) is 0 Å². The molecule has 6 heteroatoms. The van der Waals surface area contributed by atoms with E-state index in [4.69, 9.17) is 10.5 Å². The lowest BCUT2D eigenvalue weighted by molar-refractivity contribution is 0.357. The second-order valence-corrected chi connectivity index (χ2v) is 4.48. The predicted molar refractivity (Wildman–Crippen MR) is 70.7 cm³/mol. The van der Waals surface area contributed by atoms with Crippen molar-refractivity contribution < 1.29 is 4.74 Å². The normalized spacial score (nSPS) is 13.5. The molecule has 0 unspecified atom stereocenters. The standard InChI is InChI=1S/C13H11N5O/c14-12-10-11(17-18-13(10)16-6-15-12)8-1-2-9-7(5-8)3-4-19-9/h1-2,5-6H,3-4H2,(H3,14,15,16,17,18). The number of anilines is 1. The van der Waals surface area contributed by atoms with Crippen molar-refractivity contribution in [3.8, 4) is 17.0 Å². The van der Waals surface area contributed by atoms with E-state index in [2.05, 4.69) is 26.2 Å². The lowest BCUT2D eigenvalue weighted by atomic mass is 10.0. The van der Waals surface area contributed by atoms with Crippen molar-refractivity contribution in [3.05, 3.63) is 30.1 Å². The number of benzene rings is 1. The van der Waals surface area contributed by atoms with E-state index in [0.717, 1.165) is 35.4 Å². The average molecular weight is 253 g/mol. The Labute approximate surface area is 108 Å². The van der Waals surface area contributed by atoms with E-state index in [9.17, 15) is 0 Å². The van der Waals surface area contributed by atoms with Gasteiger partial charge in [-0.25, -0.2) is 9.97 Å². The van der Waals surface area contributed by atoms with Crippen LogP contribution in [0.15, 0.2) is 24.5 Å². The number of rotatable bonds is 1. The lowest BCUT2D eigenvalue weighted by Gasteiger charge is -2.02. The van der Waals surface area contributed by atoms with Gasteiger partial charge in [-0.3, -0.25) is 5.10 Å². The number of nitrogen functional groups attached to an aromatic ring is 1. The summed E-state index contributed by atoms with van der Waals surface area (Å²) < 4.78 is 5.50. The molecule has 0 radical (unpaired) electrons. The van der Waals surface area contributed by atoms with Gasteiger partial charge in [0, 0.05) is 12.0 Å². The topological polar surface area (TPSA) is 89.7 Å². The molecule has 1 aliphatic rings. The Balaban J connectivity index is 1.95. The second-order valence-electron chi connectivity index (χ2n) is 4.48. The van der Waals surface area contributed by atoms with Gasteiger partial charge in [0.25, 0.3) is 0 Å². The summed E-state index contributed by atoms with van der Waals surface area (Å²) >= 11 is 0. The molecule has 2 aromatic heterocycles. The third-order valence-electron chi connectivity index (χ3n) is 3.35. The van der Waals surface area contributed by atoms with E-state index in [1.165, 1.54) is 11.9 Å². The Morgan fingerprint density at radius 3 is 3.16 bits per heavy atom. The molecule has 3 N–H and O–H groups in total. The summed E-state index contributed by atoms with van der Waals surface area (Å²) in [5.41, 5.74) is 9.54. The van der Waals surface area contributed by atoms with Gasteiger partial charge in [0.05, 0.1) is 12.0 Å². The van der Waals surface area contributed by atoms with E-state index in [-0.39, 0.29) is 0 Å². The maximum Gasteiger partial charge on any atom is 0.161 e. The molecule has 19 heavy (non-hydrogen) atoms. The fourth-order valence-electron chi connectivity index (χ4n) is 2.42. The Morgan fingerprint density at radius 1 is 1.26 bits per heavy atom. The fourth-order valence-corrected chi connectivity index (χ4v) is 2.42. The van der Waals surface area contributed by atoms with Crippen molar-refractivity contribution in [3.63, 3.8) is 0 Å². The average Bonchev–Trinajstić information content (AvgIpc) is 3.04. The van der Waals surface area contributed by atoms with Gasteiger partial charge in [-0.1, -0.05) is 0 Å². The van der Waals surface area contributed by atoms with E-state index in [1.54, 1.807) is 0 Å². The van der Waals surface area contributed by atoms with Gasteiger partial charge in [-0.2, -0.15) is 5.10 Å². The van der Waals surface area contributed by atoms with Gasteiger partial charge >= 0.3 is 0 Å². The number of nitrogens with one attached hydrogen (secondary N) is 1. The zero-order valence-electron chi connectivity index (χ0n) is 10.1. The Morgan fingerprint density at radius 2 is 2.21 bits per heavy atom. The zero-order valence-corrected chi connectivity index (χ0v) is 10.1. The van der Waals surface area contributed by atoms with Crippen molar-refractivity contribution in [1.82, 2.24) is 20.2 Å². The molecule has 1 aromatic carbocycles. The van der Waals surface area contributed by atoms with Gasteiger partial charge in [-0.05, 0) is 23.8 Å². The van der Waals surface area contributed by atoms with E-state index in [0.29, 0.717) is 11.5 Å². The van der Waals surface area contributed by atoms with Gasteiger partial charge in [-0.15, -0.1) is 0 Å². The number of aromatic amines is 1. The fraction of sp³-hybridized carbons (Fsp3) is 0.154. The van der Waals surface area contributed by atoms with Crippen LogP contribution in [0, 0.1) is 0 Å². The van der Waals surface area contributed by atoms with Crippen molar-refractivity contribution >= 4 is 16.9 Å². The first-order valence-electron chi connectivity index (χ1n) is 6.03. The SMILES string of the molecule is Nc1ncnc2[nH]nc(-c3ccc4c(c3)CCO4)c12. The molecule has 0 atom stereocenters. The first-order valence-corrected chi connectivity index (χ1v) is 6.03. The van der Waals surface area contributed by atoms with Crippen LogP contribution in [0.1, 0.15) is 5.56 Å². The molecule has 6 nitrogen and oxygen atoms in total. The molecule has 0 spiro atoms. The molecule has 0 saturated heterocycles. The Hall–Kier alpha value is -2.63. The number of hydrogen-bond acceptors (Lipinski definition) is 5. The summed E-state index contributed by atoms with van der Waals surface area (Å²) in [5, 5.41) is 7.95. The molecular weight excluding hydrogens is 242 g/mol. The molecule has 4 rings (SSSR count). The van der Waals surface area contributed by atoms with Crippen molar-refractivity contribution in [2.45, 2.75) is 6.42 Å². The third-order valence-corrected chi connectivity index (χ3v) is 3.35. The van der Waals surface area contributed by atoms with Crippen LogP contribution in [-0.4, -0.2) is 26.8 Å². The molecular formula is C13H11N5O. The quantitative estimate of drug-likeness (QED) is 0.686. The van der Waals surface area contributed by atoms with E-state index < -0.39 is 0 Å². The number of hydrogen-bond donors (Lipinski definition) is 2. The van der Waals surface area contributed by atoms with Gasteiger partial charge < -0.3 is 10.5 Å². The predicted octanol–water partition coefficient (Wildman–Crippen LogP) is 1.54. The van der Waals surface area contributed by atoms with Gasteiger partial charge in [0.15, 0.2) is 5.65 Å². The van der Waals surface area contributed by atoms with Crippen LogP contribution in [0.4, 0.5) is 5.82 Å². The highest BCUT2D eigenvalue weighted by atomic mass is 16.5. The number of ether oxygens (including phenoxy) is 1. The number of nitrogens with zero attached hydrogens (tertiary/aromatic N) is 3. The van der Waals surface area contributed by atoms with Crippen LogP contribution in [0.3, 0.4) is 0 Å². The lowest BCUT2D eigenvalue weighted by Crippen LogP contribution is -1.92.